The number of pyridine rings is 1. The van der Waals surface area contributed by atoms with Gasteiger partial charge in [0.2, 0.25) is 0 Å². The third kappa shape index (κ3) is 2.15. The van der Waals surface area contributed by atoms with Crippen LogP contribution in [0.4, 0.5) is 0 Å². The van der Waals surface area contributed by atoms with Crippen LogP contribution in [0.3, 0.4) is 0 Å². The summed E-state index contributed by atoms with van der Waals surface area (Å²) < 4.78 is 0. The Kier molecular flexibility index (Phi) is 2.68. The normalized spacial score (nSPS) is 24.4. The van der Waals surface area contributed by atoms with E-state index in [2.05, 4.69) is 10.3 Å². The maximum absolute atomic E-state index is 11.7. The summed E-state index contributed by atoms with van der Waals surface area (Å²) in [7, 11) is 0. The molecule has 1 aromatic rings. The predicted molar refractivity (Wildman–Crippen MR) is 57.4 cm³/mol. The first-order valence-corrected chi connectivity index (χ1v) is 5.15. The summed E-state index contributed by atoms with van der Waals surface area (Å²) in [5.41, 5.74) is 7.34. The number of nitrogens with one attached hydrogen (secondary N) is 1. The van der Waals surface area contributed by atoms with Crippen molar-refractivity contribution in [2.45, 2.75) is 31.8 Å². The summed E-state index contributed by atoms with van der Waals surface area (Å²) in [6, 6.07) is 2.08. The largest absolute Gasteiger partial charge is 0.348 e. The van der Waals surface area contributed by atoms with Gasteiger partial charge in [-0.1, -0.05) is 0 Å². The molecule has 0 spiro atoms. The molecule has 15 heavy (non-hydrogen) atoms. The van der Waals surface area contributed by atoms with Gasteiger partial charge in [0.05, 0.1) is 5.56 Å². The highest BCUT2D eigenvalue weighted by Gasteiger charge is 2.28. The Morgan fingerprint density at radius 3 is 2.87 bits per heavy atom. The first-order valence-electron chi connectivity index (χ1n) is 5.15. The molecule has 80 valence electrons. The van der Waals surface area contributed by atoms with E-state index in [1.54, 1.807) is 12.4 Å². The quantitative estimate of drug-likeness (QED) is 0.743. The van der Waals surface area contributed by atoms with Gasteiger partial charge in [-0.25, -0.2) is 0 Å². The fourth-order valence-electron chi connectivity index (χ4n) is 1.64. The first-order chi connectivity index (χ1) is 7.16. The summed E-state index contributed by atoms with van der Waals surface area (Å²) in [6.45, 7) is 1.92. The Morgan fingerprint density at radius 1 is 1.53 bits per heavy atom. The molecule has 1 fully saturated rings. The number of nitrogens with zero attached hydrogens (tertiary/aromatic N) is 1. The molecule has 1 amide bonds. The van der Waals surface area contributed by atoms with Gasteiger partial charge in [-0.05, 0) is 31.4 Å². The van der Waals surface area contributed by atoms with Crippen LogP contribution in [-0.2, 0) is 0 Å². The van der Waals surface area contributed by atoms with Crippen molar-refractivity contribution < 1.29 is 4.79 Å². The minimum atomic E-state index is -0.0775. The number of hydrogen-bond donors (Lipinski definition) is 2. The van der Waals surface area contributed by atoms with Gasteiger partial charge in [-0.2, -0.15) is 0 Å². The van der Waals surface area contributed by atoms with E-state index < -0.39 is 0 Å². The van der Waals surface area contributed by atoms with Gasteiger partial charge in [0.25, 0.3) is 5.91 Å². The zero-order valence-corrected chi connectivity index (χ0v) is 8.73. The topological polar surface area (TPSA) is 68.0 Å². The van der Waals surface area contributed by atoms with Crippen LogP contribution in [0.25, 0.3) is 0 Å². The maximum Gasteiger partial charge on any atom is 0.253 e. The fraction of sp³-hybridized carbons (Fsp3) is 0.455. The van der Waals surface area contributed by atoms with Gasteiger partial charge in [-0.3, -0.25) is 9.78 Å². The number of rotatable bonds is 2. The summed E-state index contributed by atoms with van der Waals surface area (Å²) in [5, 5.41) is 2.91. The van der Waals surface area contributed by atoms with E-state index in [-0.39, 0.29) is 18.0 Å². The molecule has 1 aliphatic carbocycles. The van der Waals surface area contributed by atoms with Crippen molar-refractivity contribution in [1.82, 2.24) is 10.3 Å². The smallest absolute Gasteiger partial charge is 0.253 e. The Bertz CT molecular complexity index is 378. The van der Waals surface area contributed by atoms with E-state index in [1.165, 1.54) is 0 Å². The lowest BCUT2D eigenvalue weighted by Crippen LogP contribution is -2.54. The lowest BCUT2D eigenvalue weighted by molar-refractivity contribution is 0.0905. The van der Waals surface area contributed by atoms with Crippen LogP contribution in [0, 0.1) is 6.92 Å². The summed E-state index contributed by atoms with van der Waals surface area (Å²) in [6.07, 6.45) is 5.28. The molecule has 1 aromatic heterocycles. The minimum Gasteiger partial charge on any atom is -0.348 e. The lowest BCUT2D eigenvalue weighted by atomic mass is 9.87. The van der Waals surface area contributed by atoms with Crippen molar-refractivity contribution in [3.05, 3.63) is 29.6 Å². The van der Waals surface area contributed by atoms with Gasteiger partial charge in [-0.15, -0.1) is 0 Å². The zero-order valence-electron chi connectivity index (χ0n) is 8.73. The monoisotopic (exact) mass is 205 g/mol. The third-order valence-corrected chi connectivity index (χ3v) is 2.78. The predicted octanol–water partition coefficient (Wildman–Crippen LogP) is 0.610. The SMILES string of the molecule is Cc1cncc(C(=O)N[C@@H]2CC[C@H]2N)c1. The zero-order chi connectivity index (χ0) is 10.8. The summed E-state index contributed by atoms with van der Waals surface area (Å²) >= 11 is 0. The highest BCUT2D eigenvalue weighted by atomic mass is 16.1. The van der Waals surface area contributed by atoms with E-state index in [1.807, 2.05) is 13.0 Å². The van der Waals surface area contributed by atoms with Gasteiger partial charge < -0.3 is 11.1 Å². The Balaban J connectivity index is 2.01. The molecule has 1 aliphatic rings. The average Bonchev–Trinajstić information content (AvgIpc) is 2.23. The summed E-state index contributed by atoms with van der Waals surface area (Å²) in [4.78, 5) is 15.7. The molecule has 0 unspecified atom stereocenters. The highest BCUT2D eigenvalue weighted by molar-refractivity contribution is 5.94. The summed E-state index contributed by atoms with van der Waals surface area (Å²) in [5.74, 6) is -0.0775. The van der Waals surface area contributed by atoms with Gasteiger partial charge in [0.15, 0.2) is 0 Å². The standard InChI is InChI=1S/C11H15N3O/c1-7-4-8(6-13-5-7)11(15)14-10-3-2-9(10)12/h4-6,9-10H,2-3,12H2,1H3,(H,14,15)/t9-,10-/m1/s1. The van der Waals surface area contributed by atoms with Crippen molar-refractivity contribution in [1.29, 1.82) is 0 Å². The molecular formula is C11H15N3O. The highest BCUT2D eigenvalue weighted by Crippen LogP contribution is 2.17. The van der Waals surface area contributed by atoms with Crippen molar-refractivity contribution in [3.8, 4) is 0 Å². The first kappa shape index (κ1) is 10.1. The van der Waals surface area contributed by atoms with Crippen LogP contribution in [0.1, 0.15) is 28.8 Å². The van der Waals surface area contributed by atoms with E-state index in [0.717, 1.165) is 18.4 Å². The molecule has 0 saturated heterocycles. The van der Waals surface area contributed by atoms with Crippen molar-refractivity contribution >= 4 is 5.91 Å². The molecule has 0 aliphatic heterocycles. The van der Waals surface area contributed by atoms with E-state index in [0.29, 0.717) is 5.56 Å². The van der Waals surface area contributed by atoms with Gasteiger partial charge in [0.1, 0.15) is 0 Å². The number of hydrogen-bond acceptors (Lipinski definition) is 3. The Hall–Kier alpha value is -1.42. The Labute approximate surface area is 88.9 Å². The van der Waals surface area contributed by atoms with Gasteiger partial charge in [0, 0.05) is 24.5 Å². The number of carbonyl (C=O) groups excluding carboxylic acids is 1. The third-order valence-electron chi connectivity index (χ3n) is 2.78. The molecule has 0 radical (unpaired) electrons. The van der Waals surface area contributed by atoms with E-state index in [9.17, 15) is 4.79 Å². The number of nitrogens with two attached hydrogens (primary N) is 1. The van der Waals surface area contributed by atoms with Crippen LogP contribution in [-0.4, -0.2) is 23.0 Å². The molecule has 1 saturated carbocycles. The lowest BCUT2D eigenvalue weighted by Gasteiger charge is -2.34. The molecule has 1 heterocycles. The molecule has 0 bridgehead atoms. The van der Waals surface area contributed by atoms with Crippen LogP contribution in [0.5, 0.6) is 0 Å². The molecular weight excluding hydrogens is 190 g/mol. The molecule has 3 N–H and O–H groups in total. The Morgan fingerprint density at radius 2 is 2.33 bits per heavy atom. The van der Waals surface area contributed by atoms with Crippen molar-refractivity contribution in [2.24, 2.45) is 5.73 Å². The van der Waals surface area contributed by atoms with Crippen molar-refractivity contribution in [2.75, 3.05) is 0 Å². The maximum atomic E-state index is 11.7. The second kappa shape index (κ2) is 3.98. The molecule has 0 aromatic carbocycles. The number of carbonyl (C=O) groups is 1. The van der Waals surface area contributed by atoms with Crippen LogP contribution >= 0.6 is 0 Å². The van der Waals surface area contributed by atoms with Crippen LogP contribution in [0.2, 0.25) is 0 Å². The van der Waals surface area contributed by atoms with Crippen molar-refractivity contribution in [3.63, 3.8) is 0 Å². The van der Waals surface area contributed by atoms with E-state index in [4.69, 9.17) is 5.73 Å². The van der Waals surface area contributed by atoms with Crippen LogP contribution < -0.4 is 11.1 Å². The number of amides is 1. The van der Waals surface area contributed by atoms with E-state index >= 15 is 0 Å². The van der Waals surface area contributed by atoms with Gasteiger partial charge >= 0.3 is 0 Å². The molecule has 4 heteroatoms. The molecule has 2 rings (SSSR count). The number of aromatic nitrogens is 1. The average molecular weight is 205 g/mol. The minimum absolute atomic E-state index is 0.0775. The number of aryl methyl sites for hydroxylation is 1. The second-order valence-corrected chi connectivity index (χ2v) is 4.07. The molecule has 2 atom stereocenters. The van der Waals surface area contributed by atoms with Crippen LogP contribution in [0.15, 0.2) is 18.5 Å². The molecule has 4 nitrogen and oxygen atoms in total. The second-order valence-electron chi connectivity index (χ2n) is 4.07. The fourth-order valence-corrected chi connectivity index (χ4v) is 1.64.